The first kappa shape index (κ1) is 14.5. The average molecular weight is 290 g/mol. The summed E-state index contributed by atoms with van der Waals surface area (Å²) in [5.41, 5.74) is 0.275. The molecule has 102 valence electrons. The molecule has 0 aliphatic heterocycles. The van der Waals surface area contributed by atoms with Gasteiger partial charge in [-0.15, -0.1) is 11.8 Å². The minimum Gasteiger partial charge on any atom is -0.289 e. The van der Waals surface area contributed by atoms with E-state index in [4.69, 9.17) is 0 Å². The third-order valence-corrected chi connectivity index (χ3v) is 3.52. The lowest BCUT2D eigenvalue weighted by Gasteiger charge is -2.00. The zero-order valence-electron chi connectivity index (χ0n) is 10.8. The van der Waals surface area contributed by atoms with Crippen LogP contribution in [0.4, 0.5) is 8.78 Å². The van der Waals surface area contributed by atoms with Crippen LogP contribution in [0.2, 0.25) is 0 Å². The smallest absolute Gasteiger partial charge is 0.185 e. The Morgan fingerprint density at radius 1 is 1.05 bits per heavy atom. The summed E-state index contributed by atoms with van der Waals surface area (Å²) in [6, 6.07) is 10.6. The molecule has 2 rings (SSSR count). The van der Waals surface area contributed by atoms with E-state index in [2.05, 4.69) is 0 Å². The molecule has 0 aliphatic carbocycles. The topological polar surface area (TPSA) is 17.1 Å². The summed E-state index contributed by atoms with van der Waals surface area (Å²) in [5, 5.41) is 0. The van der Waals surface area contributed by atoms with E-state index in [1.807, 2.05) is 18.4 Å². The normalized spacial score (nSPS) is 10.9. The summed E-state index contributed by atoms with van der Waals surface area (Å²) in [6.45, 7) is 0. The predicted octanol–water partition coefficient (Wildman–Crippen LogP) is 4.58. The maximum absolute atomic E-state index is 13.4. The molecule has 0 aromatic heterocycles. The van der Waals surface area contributed by atoms with Crippen LogP contribution >= 0.6 is 11.8 Å². The molecule has 0 unspecified atom stereocenters. The van der Waals surface area contributed by atoms with Gasteiger partial charge in [0.15, 0.2) is 5.78 Å². The van der Waals surface area contributed by atoms with Crippen molar-refractivity contribution in [2.24, 2.45) is 0 Å². The third kappa shape index (κ3) is 3.33. The Morgan fingerprint density at radius 3 is 2.20 bits per heavy atom. The van der Waals surface area contributed by atoms with Crippen LogP contribution in [0.25, 0.3) is 6.08 Å². The van der Waals surface area contributed by atoms with Gasteiger partial charge in [0.05, 0.1) is 0 Å². The molecule has 0 N–H and O–H groups in total. The van der Waals surface area contributed by atoms with Crippen LogP contribution in [0.15, 0.2) is 53.4 Å². The number of rotatable bonds is 4. The molecule has 0 atom stereocenters. The zero-order valence-corrected chi connectivity index (χ0v) is 11.6. The van der Waals surface area contributed by atoms with Crippen molar-refractivity contribution in [3.05, 3.63) is 71.3 Å². The molecule has 4 heteroatoms. The fourth-order valence-corrected chi connectivity index (χ4v) is 2.09. The lowest BCUT2D eigenvalue weighted by Crippen LogP contribution is -1.95. The highest BCUT2D eigenvalue weighted by Gasteiger charge is 2.06. The van der Waals surface area contributed by atoms with Gasteiger partial charge in [0, 0.05) is 16.0 Å². The number of ketones is 1. The molecule has 2 aromatic carbocycles. The number of hydrogen-bond acceptors (Lipinski definition) is 2. The van der Waals surface area contributed by atoms with Crippen molar-refractivity contribution in [1.29, 1.82) is 0 Å². The minimum atomic E-state index is -0.688. The van der Waals surface area contributed by atoms with Crippen LogP contribution in [0, 0.1) is 11.6 Å². The van der Waals surface area contributed by atoms with Gasteiger partial charge in [0.25, 0.3) is 0 Å². The fraction of sp³-hybridized carbons (Fsp3) is 0.0625. The van der Waals surface area contributed by atoms with Crippen molar-refractivity contribution in [2.75, 3.05) is 6.26 Å². The van der Waals surface area contributed by atoms with Crippen molar-refractivity contribution in [3.8, 4) is 0 Å². The van der Waals surface area contributed by atoms with Crippen molar-refractivity contribution in [2.45, 2.75) is 4.90 Å². The largest absolute Gasteiger partial charge is 0.289 e. The Bertz CT molecular complexity index is 628. The first-order chi connectivity index (χ1) is 9.61. The van der Waals surface area contributed by atoms with E-state index in [9.17, 15) is 13.6 Å². The van der Waals surface area contributed by atoms with Gasteiger partial charge in [-0.2, -0.15) is 0 Å². The van der Waals surface area contributed by atoms with Gasteiger partial charge in [0.2, 0.25) is 0 Å². The maximum atomic E-state index is 13.4. The molecule has 2 aromatic rings. The van der Waals surface area contributed by atoms with Gasteiger partial charge in [-0.3, -0.25) is 4.79 Å². The van der Waals surface area contributed by atoms with Crippen LogP contribution in [-0.4, -0.2) is 12.0 Å². The summed E-state index contributed by atoms with van der Waals surface area (Å²) < 4.78 is 26.8. The molecule has 0 aliphatic rings. The second-order valence-corrected chi connectivity index (χ2v) is 4.94. The van der Waals surface area contributed by atoms with E-state index in [0.29, 0.717) is 5.56 Å². The molecular weight excluding hydrogens is 278 g/mol. The van der Waals surface area contributed by atoms with Gasteiger partial charge < -0.3 is 0 Å². The Labute approximate surface area is 120 Å². The number of benzene rings is 2. The first-order valence-electron chi connectivity index (χ1n) is 5.92. The molecule has 0 saturated heterocycles. The Kier molecular flexibility index (Phi) is 4.69. The summed E-state index contributed by atoms with van der Waals surface area (Å²) in [5.74, 6) is -1.67. The van der Waals surface area contributed by atoms with E-state index >= 15 is 0 Å². The first-order valence-corrected chi connectivity index (χ1v) is 7.15. The van der Waals surface area contributed by atoms with E-state index < -0.39 is 11.6 Å². The highest BCUT2D eigenvalue weighted by molar-refractivity contribution is 7.98. The Morgan fingerprint density at radius 2 is 1.65 bits per heavy atom. The number of allylic oxidation sites excluding steroid dienone is 1. The summed E-state index contributed by atoms with van der Waals surface area (Å²) in [6.07, 6.45) is 4.28. The number of thioether (sulfide) groups is 1. The van der Waals surface area contributed by atoms with E-state index in [-0.39, 0.29) is 11.3 Å². The van der Waals surface area contributed by atoms with Crippen LogP contribution < -0.4 is 0 Å². The lowest BCUT2D eigenvalue weighted by atomic mass is 10.1. The molecular formula is C16H12F2OS. The molecule has 0 heterocycles. The Hall–Kier alpha value is -1.94. The van der Waals surface area contributed by atoms with Crippen molar-refractivity contribution in [1.82, 2.24) is 0 Å². The molecule has 1 nitrogen and oxygen atoms in total. The second-order valence-electron chi connectivity index (χ2n) is 4.06. The SMILES string of the molecule is CSc1ccc(C(=O)/C=C/c2c(F)cccc2F)cc1. The van der Waals surface area contributed by atoms with E-state index in [1.165, 1.54) is 12.1 Å². The van der Waals surface area contributed by atoms with Gasteiger partial charge in [-0.25, -0.2) is 8.78 Å². The monoisotopic (exact) mass is 290 g/mol. The van der Waals surface area contributed by atoms with Crippen LogP contribution in [0.3, 0.4) is 0 Å². The molecule has 0 bridgehead atoms. The number of carbonyl (C=O) groups is 1. The van der Waals surface area contributed by atoms with Crippen LogP contribution in [0.1, 0.15) is 15.9 Å². The summed E-state index contributed by atoms with van der Waals surface area (Å²) >= 11 is 1.57. The standard InChI is InChI=1S/C16H12F2OS/c1-20-12-7-5-11(6-8-12)16(19)10-9-13-14(17)3-2-4-15(13)18/h2-10H,1H3/b10-9+. The molecule has 0 radical (unpaired) electrons. The van der Waals surface area contributed by atoms with Crippen LogP contribution in [0.5, 0.6) is 0 Å². The number of halogens is 2. The van der Waals surface area contributed by atoms with Gasteiger partial charge >= 0.3 is 0 Å². The molecule has 0 fully saturated rings. The average Bonchev–Trinajstić information content (AvgIpc) is 2.46. The zero-order chi connectivity index (χ0) is 14.5. The minimum absolute atomic E-state index is 0.207. The highest BCUT2D eigenvalue weighted by Crippen LogP contribution is 2.17. The van der Waals surface area contributed by atoms with Crippen molar-refractivity contribution < 1.29 is 13.6 Å². The van der Waals surface area contributed by atoms with Crippen molar-refractivity contribution >= 4 is 23.6 Å². The molecule has 0 spiro atoms. The fourth-order valence-electron chi connectivity index (χ4n) is 1.68. The quantitative estimate of drug-likeness (QED) is 0.465. The van der Waals surface area contributed by atoms with Crippen molar-refractivity contribution in [3.63, 3.8) is 0 Å². The predicted molar refractivity (Wildman–Crippen MR) is 77.9 cm³/mol. The van der Waals surface area contributed by atoms with Gasteiger partial charge in [-0.1, -0.05) is 6.07 Å². The van der Waals surface area contributed by atoms with Gasteiger partial charge in [-0.05, 0) is 54.8 Å². The summed E-state index contributed by atoms with van der Waals surface area (Å²) in [4.78, 5) is 12.9. The highest BCUT2D eigenvalue weighted by atomic mass is 32.2. The van der Waals surface area contributed by atoms with Gasteiger partial charge in [0.1, 0.15) is 11.6 Å². The second kappa shape index (κ2) is 6.48. The Balaban J connectivity index is 2.20. The molecule has 0 amide bonds. The van der Waals surface area contributed by atoms with E-state index in [1.54, 1.807) is 23.9 Å². The molecule has 20 heavy (non-hydrogen) atoms. The van der Waals surface area contributed by atoms with Crippen LogP contribution in [-0.2, 0) is 0 Å². The summed E-state index contributed by atoms with van der Waals surface area (Å²) in [7, 11) is 0. The number of carbonyl (C=O) groups excluding carboxylic acids is 1. The van der Waals surface area contributed by atoms with E-state index in [0.717, 1.165) is 23.1 Å². The maximum Gasteiger partial charge on any atom is 0.185 e. The molecule has 0 saturated carbocycles. The third-order valence-electron chi connectivity index (χ3n) is 2.78. The number of hydrogen-bond donors (Lipinski definition) is 0. The lowest BCUT2D eigenvalue weighted by molar-refractivity contribution is 0.104.